The lowest BCUT2D eigenvalue weighted by molar-refractivity contribution is -0.112. The highest BCUT2D eigenvalue weighted by Gasteiger charge is 2.75. The summed E-state index contributed by atoms with van der Waals surface area (Å²) in [5.74, 6) is 2.08. The van der Waals surface area contributed by atoms with Crippen LogP contribution in [0.2, 0.25) is 0 Å². The first kappa shape index (κ1) is 15.8. The van der Waals surface area contributed by atoms with Crippen LogP contribution in [0.4, 0.5) is 0 Å². The maximum absolute atomic E-state index is 11.4. The Bertz CT molecular complexity index is 590. The van der Waals surface area contributed by atoms with Crippen molar-refractivity contribution < 1.29 is 10.2 Å². The van der Waals surface area contributed by atoms with Crippen molar-refractivity contribution >= 4 is 0 Å². The number of aliphatic hydroxyl groups is 2. The molecular weight excluding hydrogens is 298 g/mol. The minimum atomic E-state index is -0.538. The Kier molecular flexibility index (Phi) is 3.08. The molecule has 5 rings (SSSR count). The first-order chi connectivity index (χ1) is 11.4. The number of likely N-dealkylation sites (N-methyl/N-ethyl adjacent to an activating group) is 1. The molecular formula is C21H33NO2. The summed E-state index contributed by atoms with van der Waals surface area (Å²) in [6, 6.07) is 0. The number of aliphatic hydroxyl groups excluding tert-OH is 1. The lowest BCUT2D eigenvalue weighted by Gasteiger charge is -2.55. The molecule has 24 heavy (non-hydrogen) atoms. The summed E-state index contributed by atoms with van der Waals surface area (Å²) in [6.07, 6.45) is 14.1. The molecule has 4 saturated carbocycles. The molecule has 0 aromatic carbocycles. The Balaban J connectivity index is 1.49. The molecule has 0 aromatic rings. The molecule has 0 unspecified atom stereocenters. The highest BCUT2D eigenvalue weighted by Crippen LogP contribution is 2.81. The minimum absolute atomic E-state index is 0.0568. The first-order valence-electron chi connectivity index (χ1n) is 10.1. The molecule has 134 valence electrons. The predicted molar refractivity (Wildman–Crippen MR) is 94.4 cm³/mol. The quantitative estimate of drug-likeness (QED) is 0.682. The van der Waals surface area contributed by atoms with Crippen LogP contribution in [0.25, 0.3) is 0 Å². The zero-order valence-electron chi connectivity index (χ0n) is 15.2. The fraction of sp³-hybridized carbons (Fsp3) is 0.905. The number of nitrogens with one attached hydrogen (secondary N) is 1. The Hall–Kier alpha value is -0.380. The molecule has 0 aromatic heterocycles. The second-order valence-electron chi connectivity index (χ2n) is 10.1. The van der Waals surface area contributed by atoms with Crippen LogP contribution in [-0.2, 0) is 0 Å². The van der Waals surface area contributed by atoms with Gasteiger partial charge in [0, 0.05) is 12.0 Å². The third-order valence-corrected chi connectivity index (χ3v) is 9.49. The molecule has 3 nitrogen and oxygen atoms in total. The molecule has 0 radical (unpaired) electrons. The molecule has 8 atom stereocenters. The van der Waals surface area contributed by atoms with Crippen LogP contribution in [0.15, 0.2) is 12.2 Å². The summed E-state index contributed by atoms with van der Waals surface area (Å²) in [5, 5.41) is 24.8. The topological polar surface area (TPSA) is 52.5 Å². The molecule has 0 spiro atoms. The third-order valence-electron chi connectivity index (χ3n) is 9.49. The van der Waals surface area contributed by atoms with E-state index in [1.165, 1.54) is 32.1 Å². The van der Waals surface area contributed by atoms with E-state index in [1.54, 1.807) is 0 Å². The van der Waals surface area contributed by atoms with Gasteiger partial charge >= 0.3 is 0 Å². The third kappa shape index (κ3) is 1.65. The average Bonchev–Trinajstić information content (AvgIpc) is 3.15. The van der Waals surface area contributed by atoms with Gasteiger partial charge in [0.1, 0.15) is 0 Å². The number of hydrogen-bond acceptors (Lipinski definition) is 3. The van der Waals surface area contributed by atoms with Gasteiger partial charge in [-0.25, -0.2) is 0 Å². The second-order valence-corrected chi connectivity index (χ2v) is 10.1. The fourth-order valence-corrected chi connectivity index (χ4v) is 8.15. The van der Waals surface area contributed by atoms with Gasteiger partial charge in [0.25, 0.3) is 0 Å². The molecule has 0 bridgehead atoms. The lowest BCUT2D eigenvalue weighted by atomic mass is 9.50. The van der Waals surface area contributed by atoms with E-state index in [2.05, 4.69) is 24.4 Å². The van der Waals surface area contributed by atoms with Gasteiger partial charge < -0.3 is 15.5 Å². The molecule has 3 N–H and O–H groups in total. The van der Waals surface area contributed by atoms with Gasteiger partial charge in [0.2, 0.25) is 0 Å². The van der Waals surface area contributed by atoms with Crippen LogP contribution in [0.3, 0.4) is 0 Å². The molecule has 5 aliphatic carbocycles. The van der Waals surface area contributed by atoms with E-state index in [9.17, 15) is 10.2 Å². The standard InChI is InChI=1S/C21H33NO2/c1-18-7-5-17-15(16(18)6-10-21(18,24)13-22-2)4-8-19-11-14(23)3-9-20(17,19)12-19/h4,8,14-17,22-24H,3,5-7,9-13H2,1-2H3/t14-,15-,16-,17-,18-,19+,20-,21+/m0/s1. The predicted octanol–water partition coefficient (Wildman–Crippen LogP) is 2.87. The van der Waals surface area contributed by atoms with Gasteiger partial charge in [-0.15, -0.1) is 0 Å². The van der Waals surface area contributed by atoms with Crippen LogP contribution < -0.4 is 5.32 Å². The highest BCUT2D eigenvalue weighted by atomic mass is 16.3. The van der Waals surface area contributed by atoms with Crippen molar-refractivity contribution in [1.29, 1.82) is 0 Å². The van der Waals surface area contributed by atoms with Crippen LogP contribution >= 0.6 is 0 Å². The van der Waals surface area contributed by atoms with Crippen LogP contribution in [-0.4, -0.2) is 35.5 Å². The maximum atomic E-state index is 11.4. The summed E-state index contributed by atoms with van der Waals surface area (Å²) < 4.78 is 0. The summed E-state index contributed by atoms with van der Waals surface area (Å²) in [6.45, 7) is 3.09. The Morgan fingerprint density at radius 1 is 1.12 bits per heavy atom. The van der Waals surface area contributed by atoms with Crippen molar-refractivity contribution in [2.75, 3.05) is 13.6 Å². The van der Waals surface area contributed by atoms with Crippen molar-refractivity contribution in [3.05, 3.63) is 12.2 Å². The van der Waals surface area contributed by atoms with Crippen LogP contribution in [0.5, 0.6) is 0 Å². The summed E-state index contributed by atoms with van der Waals surface area (Å²) in [5.41, 5.74) is 0.348. The molecule has 0 aliphatic heterocycles. The van der Waals surface area contributed by atoms with E-state index in [1.807, 2.05) is 7.05 Å². The van der Waals surface area contributed by atoms with E-state index in [-0.39, 0.29) is 11.5 Å². The minimum Gasteiger partial charge on any atom is -0.393 e. The molecule has 5 aliphatic rings. The van der Waals surface area contributed by atoms with Gasteiger partial charge in [-0.3, -0.25) is 0 Å². The lowest BCUT2D eigenvalue weighted by Crippen LogP contribution is -2.56. The van der Waals surface area contributed by atoms with E-state index >= 15 is 0 Å². The molecule has 0 amide bonds. The van der Waals surface area contributed by atoms with Gasteiger partial charge in [0.05, 0.1) is 11.7 Å². The number of hydrogen-bond donors (Lipinski definition) is 3. The summed E-state index contributed by atoms with van der Waals surface area (Å²) in [7, 11) is 1.96. The monoisotopic (exact) mass is 331 g/mol. The largest absolute Gasteiger partial charge is 0.393 e. The van der Waals surface area contributed by atoms with Gasteiger partial charge in [-0.1, -0.05) is 19.1 Å². The van der Waals surface area contributed by atoms with Gasteiger partial charge in [-0.05, 0) is 87.0 Å². The smallest absolute Gasteiger partial charge is 0.0827 e. The molecule has 0 heterocycles. The van der Waals surface area contributed by atoms with Crippen molar-refractivity contribution in [2.24, 2.45) is 34.0 Å². The number of rotatable bonds is 2. The van der Waals surface area contributed by atoms with Crippen molar-refractivity contribution in [1.82, 2.24) is 5.32 Å². The Morgan fingerprint density at radius 2 is 1.92 bits per heavy atom. The van der Waals surface area contributed by atoms with Crippen molar-refractivity contribution in [2.45, 2.75) is 70.0 Å². The van der Waals surface area contributed by atoms with Gasteiger partial charge in [-0.2, -0.15) is 0 Å². The first-order valence-corrected chi connectivity index (χ1v) is 10.1. The summed E-state index contributed by atoms with van der Waals surface area (Å²) in [4.78, 5) is 0. The maximum Gasteiger partial charge on any atom is 0.0827 e. The average molecular weight is 332 g/mol. The molecule has 3 heteroatoms. The molecule has 4 fully saturated rings. The zero-order valence-corrected chi connectivity index (χ0v) is 15.2. The number of allylic oxidation sites excluding steroid dienone is 2. The van der Waals surface area contributed by atoms with Crippen molar-refractivity contribution in [3.63, 3.8) is 0 Å². The van der Waals surface area contributed by atoms with Crippen LogP contribution in [0.1, 0.15) is 58.3 Å². The molecule has 0 saturated heterocycles. The highest BCUT2D eigenvalue weighted by molar-refractivity contribution is 5.34. The van der Waals surface area contributed by atoms with Crippen LogP contribution in [0, 0.1) is 34.0 Å². The normalized spacial score (nSPS) is 60.8. The fourth-order valence-electron chi connectivity index (χ4n) is 8.15. The Labute approximate surface area is 145 Å². The SMILES string of the molecule is CNC[C@]1(O)CC[C@H]2[C@@H]3C=C[C@]45C[C@@H](O)CC[C@]4(C5)[C@H]3CC[C@@]21C. The van der Waals surface area contributed by atoms with E-state index in [4.69, 9.17) is 0 Å². The van der Waals surface area contributed by atoms with Gasteiger partial charge in [0.15, 0.2) is 0 Å². The zero-order chi connectivity index (χ0) is 16.8. The summed E-state index contributed by atoms with van der Waals surface area (Å²) >= 11 is 0. The van der Waals surface area contributed by atoms with Crippen molar-refractivity contribution in [3.8, 4) is 0 Å². The van der Waals surface area contributed by atoms with E-state index in [0.717, 1.165) is 31.7 Å². The Morgan fingerprint density at radius 3 is 2.71 bits per heavy atom. The second kappa shape index (κ2) is 4.66. The number of fused-ring (bicyclic) bond motifs is 3. The van der Waals surface area contributed by atoms with E-state index < -0.39 is 5.60 Å². The van der Waals surface area contributed by atoms with E-state index in [0.29, 0.717) is 22.7 Å².